The molecule has 1 aliphatic heterocycles. The van der Waals surface area contributed by atoms with E-state index in [1.807, 2.05) is 6.92 Å². The van der Waals surface area contributed by atoms with E-state index in [1.165, 1.54) is 24.5 Å². The van der Waals surface area contributed by atoms with E-state index in [-0.39, 0.29) is 17.5 Å². The van der Waals surface area contributed by atoms with Crippen molar-refractivity contribution in [2.45, 2.75) is 45.1 Å². The number of nitro groups is 1. The summed E-state index contributed by atoms with van der Waals surface area (Å²) in [5.41, 5.74) is 13.5. The minimum Gasteiger partial charge on any atom is -0.490 e. The molecule has 130 valence electrons. The fraction of sp³-hybridized carbons (Fsp3) is 0.444. The van der Waals surface area contributed by atoms with Crippen molar-refractivity contribution >= 4 is 11.4 Å². The summed E-state index contributed by atoms with van der Waals surface area (Å²) in [4.78, 5) is 10.2. The summed E-state index contributed by atoms with van der Waals surface area (Å²) >= 11 is 0. The van der Waals surface area contributed by atoms with Gasteiger partial charge in [-0.05, 0) is 57.2 Å². The first-order chi connectivity index (χ1) is 11.5. The molecule has 0 aromatic heterocycles. The number of hydrogen-bond donors (Lipinski definition) is 2. The Kier molecular flexibility index (Phi) is 6.37. The van der Waals surface area contributed by atoms with Crippen molar-refractivity contribution in [2.24, 2.45) is 5.73 Å². The maximum Gasteiger partial charge on any atom is 0.295 e. The van der Waals surface area contributed by atoms with Crippen molar-refractivity contribution in [1.82, 2.24) is 0 Å². The van der Waals surface area contributed by atoms with Gasteiger partial charge in [-0.25, -0.2) is 0 Å². The largest absolute Gasteiger partial charge is 0.490 e. The molecule has 6 heteroatoms. The molecule has 0 bridgehead atoms. The molecule has 0 saturated carbocycles. The lowest BCUT2D eigenvalue weighted by atomic mass is 10.0. The molecule has 0 saturated heterocycles. The van der Waals surface area contributed by atoms with Gasteiger partial charge in [0.2, 0.25) is 0 Å². The number of fused-ring (bicyclic) bond motifs is 1. The highest BCUT2D eigenvalue weighted by molar-refractivity contribution is 5.63. The van der Waals surface area contributed by atoms with Crippen LogP contribution in [0.1, 0.15) is 38.2 Å². The summed E-state index contributed by atoms with van der Waals surface area (Å²) in [5.74, 6) is 0.592. The van der Waals surface area contributed by atoms with Crippen LogP contribution < -0.4 is 16.2 Å². The fourth-order valence-corrected chi connectivity index (χ4v) is 2.75. The third-order valence-electron chi connectivity index (χ3n) is 4.06. The Morgan fingerprint density at radius 3 is 2.79 bits per heavy atom. The van der Waals surface area contributed by atoms with E-state index in [9.17, 15) is 10.1 Å². The van der Waals surface area contributed by atoms with Crippen molar-refractivity contribution in [3.8, 4) is 5.75 Å². The van der Waals surface area contributed by atoms with Crippen LogP contribution >= 0.6 is 0 Å². The molecule has 0 amide bonds. The second kappa shape index (κ2) is 8.49. The molecular weight excluding hydrogens is 306 g/mol. The highest BCUT2D eigenvalue weighted by atomic mass is 16.6. The molecule has 1 aromatic carbocycles. The van der Waals surface area contributed by atoms with E-state index < -0.39 is 4.92 Å². The van der Waals surface area contributed by atoms with E-state index in [0.29, 0.717) is 5.75 Å². The third kappa shape index (κ3) is 4.83. The Morgan fingerprint density at radius 1 is 1.38 bits per heavy atom. The highest BCUT2D eigenvalue weighted by Gasteiger charge is 2.21. The Hall–Kier alpha value is -2.34. The van der Waals surface area contributed by atoms with Crippen molar-refractivity contribution < 1.29 is 9.66 Å². The average Bonchev–Trinajstić information content (AvgIpc) is 2.56. The van der Waals surface area contributed by atoms with E-state index in [4.69, 9.17) is 16.2 Å². The first kappa shape index (κ1) is 18.0. The molecule has 0 fully saturated rings. The lowest BCUT2D eigenvalue weighted by Crippen LogP contribution is -2.19. The zero-order valence-electron chi connectivity index (χ0n) is 14.0. The standard InChI is InChI=1S/C10H12N2O3.C8H13N/c1-6-2-3-7-4-8(11)9(12(13)14)5-10(7)15-6;9-7-6-8-4-2-1-3-5-8/h4-6H,2-3,11H2,1H3;2,4-5H,1,3,6-7,9H2. The lowest BCUT2D eigenvalue weighted by Gasteiger charge is -2.23. The van der Waals surface area contributed by atoms with Crippen LogP contribution in [0.15, 0.2) is 35.9 Å². The fourth-order valence-electron chi connectivity index (χ4n) is 2.75. The van der Waals surface area contributed by atoms with Crippen molar-refractivity contribution in [2.75, 3.05) is 12.3 Å². The van der Waals surface area contributed by atoms with Crippen LogP contribution in [0.25, 0.3) is 0 Å². The topological polar surface area (TPSA) is 104 Å². The van der Waals surface area contributed by atoms with Crippen LogP contribution in [0.5, 0.6) is 5.75 Å². The zero-order chi connectivity index (χ0) is 17.5. The smallest absolute Gasteiger partial charge is 0.295 e. The molecule has 1 unspecified atom stereocenters. The first-order valence-corrected chi connectivity index (χ1v) is 8.30. The van der Waals surface area contributed by atoms with Crippen molar-refractivity contribution in [3.63, 3.8) is 0 Å². The zero-order valence-corrected chi connectivity index (χ0v) is 14.0. The Balaban J connectivity index is 0.000000198. The molecule has 24 heavy (non-hydrogen) atoms. The second-order valence-electron chi connectivity index (χ2n) is 6.04. The van der Waals surface area contributed by atoms with Crippen molar-refractivity contribution in [3.05, 3.63) is 51.6 Å². The van der Waals surface area contributed by atoms with Gasteiger partial charge in [-0.2, -0.15) is 0 Å². The number of benzene rings is 1. The third-order valence-corrected chi connectivity index (χ3v) is 4.06. The summed E-state index contributed by atoms with van der Waals surface area (Å²) in [7, 11) is 0. The maximum atomic E-state index is 10.7. The molecule has 1 heterocycles. The van der Waals surface area contributed by atoms with Gasteiger partial charge in [-0.15, -0.1) is 0 Å². The molecule has 4 N–H and O–H groups in total. The first-order valence-electron chi connectivity index (χ1n) is 8.30. The van der Waals surface area contributed by atoms with Gasteiger partial charge in [0, 0.05) is 0 Å². The Labute approximate surface area is 142 Å². The number of nitrogens with zero attached hydrogens (tertiary/aromatic N) is 1. The number of aryl methyl sites for hydroxylation is 1. The van der Waals surface area contributed by atoms with E-state index >= 15 is 0 Å². The number of hydrogen-bond acceptors (Lipinski definition) is 5. The van der Waals surface area contributed by atoms with Gasteiger partial charge < -0.3 is 16.2 Å². The van der Waals surface area contributed by atoms with Crippen LogP contribution in [-0.2, 0) is 6.42 Å². The SMILES string of the molecule is CC1CCc2cc(N)c([N+](=O)[O-])cc2O1.NCCC1=CCCC=C1. The van der Waals surface area contributed by atoms with Crippen LogP contribution in [0.4, 0.5) is 11.4 Å². The number of nitrogens with two attached hydrogens (primary N) is 2. The molecule has 6 nitrogen and oxygen atoms in total. The molecule has 0 spiro atoms. The van der Waals surface area contributed by atoms with Gasteiger partial charge in [0.25, 0.3) is 5.69 Å². The molecule has 1 atom stereocenters. The van der Waals surface area contributed by atoms with Gasteiger partial charge in [0.05, 0.1) is 17.1 Å². The van der Waals surface area contributed by atoms with Crippen LogP contribution in [0.3, 0.4) is 0 Å². The molecule has 0 radical (unpaired) electrons. The summed E-state index contributed by atoms with van der Waals surface area (Å²) in [5, 5.41) is 10.7. The van der Waals surface area contributed by atoms with Gasteiger partial charge in [-0.3, -0.25) is 10.1 Å². The minimum absolute atomic E-state index is 0.0807. The van der Waals surface area contributed by atoms with Crippen LogP contribution in [-0.4, -0.2) is 17.6 Å². The highest BCUT2D eigenvalue weighted by Crippen LogP contribution is 2.35. The van der Waals surface area contributed by atoms with E-state index in [1.54, 1.807) is 6.07 Å². The monoisotopic (exact) mass is 331 g/mol. The molecule has 1 aliphatic carbocycles. The number of allylic oxidation sites excluding steroid dienone is 3. The lowest BCUT2D eigenvalue weighted by molar-refractivity contribution is -0.384. The normalized spacial score (nSPS) is 18.6. The number of nitrogen functional groups attached to an aromatic ring is 1. The number of ether oxygens (including phenoxy) is 1. The summed E-state index contributed by atoms with van der Waals surface area (Å²) in [6.07, 6.45) is 12.0. The summed E-state index contributed by atoms with van der Waals surface area (Å²) in [6.45, 7) is 2.72. The van der Waals surface area contributed by atoms with Gasteiger partial charge in [0.15, 0.2) is 0 Å². The van der Waals surface area contributed by atoms with Gasteiger partial charge in [-0.1, -0.05) is 23.8 Å². The predicted octanol–water partition coefficient (Wildman–Crippen LogP) is 3.50. The number of nitro benzene ring substituents is 1. The Bertz CT molecular complexity index is 653. The predicted molar refractivity (Wildman–Crippen MR) is 96.0 cm³/mol. The van der Waals surface area contributed by atoms with Gasteiger partial charge >= 0.3 is 0 Å². The van der Waals surface area contributed by atoms with Gasteiger partial charge in [0.1, 0.15) is 11.4 Å². The molecule has 1 aromatic rings. The van der Waals surface area contributed by atoms with Crippen LogP contribution in [0.2, 0.25) is 0 Å². The maximum absolute atomic E-state index is 10.7. The molecular formula is C18H25N3O3. The summed E-state index contributed by atoms with van der Waals surface area (Å²) < 4.78 is 5.52. The summed E-state index contributed by atoms with van der Waals surface area (Å²) in [6, 6.07) is 3.06. The van der Waals surface area contributed by atoms with E-state index in [0.717, 1.165) is 31.4 Å². The quantitative estimate of drug-likeness (QED) is 0.501. The average molecular weight is 331 g/mol. The number of anilines is 1. The van der Waals surface area contributed by atoms with Crippen LogP contribution in [0, 0.1) is 10.1 Å². The second-order valence-corrected chi connectivity index (χ2v) is 6.04. The molecule has 3 rings (SSSR count). The minimum atomic E-state index is -0.488. The molecule has 2 aliphatic rings. The Morgan fingerprint density at radius 2 is 2.17 bits per heavy atom. The van der Waals surface area contributed by atoms with E-state index in [2.05, 4.69) is 18.2 Å². The van der Waals surface area contributed by atoms with Crippen molar-refractivity contribution in [1.29, 1.82) is 0 Å². The number of rotatable bonds is 3.